The van der Waals surface area contributed by atoms with Crippen LogP contribution in [0.3, 0.4) is 0 Å². The molecule has 0 atom stereocenters. The fourth-order valence-corrected chi connectivity index (χ4v) is 4.24. The number of benzene rings is 2. The molecule has 0 saturated carbocycles. The lowest BCUT2D eigenvalue weighted by atomic mass is 10.2. The first-order valence-corrected chi connectivity index (χ1v) is 10.2. The summed E-state index contributed by atoms with van der Waals surface area (Å²) in [6.45, 7) is 1.21. The van der Waals surface area contributed by atoms with E-state index in [1.54, 1.807) is 36.4 Å². The number of anilines is 1. The van der Waals surface area contributed by atoms with Gasteiger partial charge in [0, 0.05) is 18.7 Å². The normalized spacial score (nSPS) is 15.6. The minimum absolute atomic E-state index is 0.0402. The molecule has 1 fully saturated rings. The van der Waals surface area contributed by atoms with Crippen LogP contribution in [-0.2, 0) is 16.8 Å². The van der Waals surface area contributed by atoms with Gasteiger partial charge in [0.05, 0.1) is 10.7 Å². The maximum absolute atomic E-state index is 13.4. The van der Waals surface area contributed by atoms with E-state index in [1.165, 1.54) is 10.4 Å². The first-order valence-electron chi connectivity index (χ1n) is 8.39. The average molecular weight is 399 g/mol. The lowest BCUT2D eigenvalue weighted by Gasteiger charge is -2.26. The Balaban J connectivity index is 1.60. The van der Waals surface area contributed by atoms with Gasteiger partial charge in [0.25, 0.3) is 0 Å². The van der Waals surface area contributed by atoms with Crippen LogP contribution in [-0.4, -0.2) is 25.8 Å². The first kappa shape index (κ1) is 18.9. The number of hydrogen-bond acceptors (Lipinski definition) is 3. The van der Waals surface area contributed by atoms with E-state index in [0.29, 0.717) is 30.1 Å². The van der Waals surface area contributed by atoms with Crippen molar-refractivity contribution in [3.8, 4) is 5.75 Å². The van der Waals surface area contributed by atoms with Crippen LogP contribution >= 0.6 is 11.6 Å². The SMILES string of the molecule is O=S(=O)(Nc1ccc(OCc2cccc(F)c2Cl)cc1)N1CCCCC1. The molecule has 1 saturated heterocycles. The second-order valence-electron chi connectivity index (χ2n) is 6.09. The molecule has 2 aromatic rings. The zero-order valence-electron chi connectivity index (χ0n) is 14.1. The Bertz CT molecular complexity index is 853. The predicted octanol–water partition coefficient (Wildman–Crippen LogP) is 4.20. The Morgan fingerprint density at radius 2 is 1.77 bits per heavy atom. The Hall–Kier alpha value is -1.83. The topological polar surface area (TPSA) is 58.6 Å². The Morgan fingerprint density at radius 1 is 1.08 bits per heavy atom. The van der Waals surface area contributed by atoms with Gasteiger partial charge >= 0.3 is 10.2 Å². The molecular weight excluding hydrogens is 379 g/mol. The van der Waals surface area contributed by atoms with Crippen LogP contribution in [0.15, 0.2) is 42.5 Å². The van der Waals surface area contributed by atoms with Crippen molar-refractivity contribution < 1.29 is 17.5 Å². The molecule has 3 rings (SSSR count). The zero-order valence-corrected chi connectivity index (χ0v) is 15.7. The molecule has 1 heterocycles. The molecule has 1 aliphatic heterocycles. The molecule has 140 valence electrons. The predicted molar refractivity (Wildman–Crippen MR) is 100 cm³/mol. The Kier molecular flexibility index (Phi) is 6.01. The lowest BCUT2D eigenvalue weighted by Crippen LogP contribution is -2.39. The average Bonchev–Trinajstić information content (AvgIpc) is 2.65. The Labute approximate surface area is 157 Å². The van der Waals surface area contributed by atoms with Gasteiger partial charge in [-0.25, -0.2) is 4.39 Å². The standard InChI is InChI=1S/C18H20ClFN2O3S/c19-18-14(5-4-6-17(18)20)13-25-16-9-7-15(8-10-16)21-26(23,24)22-11-2-1-3-12-22/h4-10,21H,1-3,11-13H2. The van der Waals surface area contributed by atoms with Gasteiger partial charge in [-0.15, -0.1) is 0 Å². The molecule has 8 heteroatoms. The second kappa shape index (κ2) is 8.24. The van der Waals surface area contributed by atoms with Gasteiger partial charge in [-0.3, -0.25) is 4.72 Å². The van der Waals surface area contributed by atoms with Gasteiger partial charge in [-0.2, -0.15) is 12.7 Å². The van der Waals surface area contributed by atoms with E-state index in [1.807, 2.05) is 0 Å². The molecule has 1 N–H and O–H groups in total. The molecule has 5 nitrogen and oxygen atoms in total. The van der Waals surface area contributed by atoms with Crippen molar-refractivity contribution in [2.45, 2.75) is 25.9 Å². The minimum Gasteiger partial charge on any atom is -0.489 e. The molecule has 26 heavy (non-hydrogen) atoms. The lowest BCUT2D eigenvalue weighted by molar-refractivity contribution is 0.305. The van der Waals surface area contributed by atoms with Crippen LogP contribution in [0.2, 0.25) is 5.02 Å². The highest BCUT2D eigenvalue weighted by molar-refractivity contribution is 7.90. The summed E-state index contributed by atoms with van der Waals surface area (Å²) in [6.07, 6.45) is 2.83. The van der Waals surface area contributed by atoms with Crippen LogP contribution in [0.1, 0.15) is 24.8 Å². The van der Waals surface area contributed by atoms with E-state index in [-0.39, 0.29) is 11.6 Å². The molecular formula is C18H20ClFN2O3S. The summed E-state index contributed by atoms with van der Waals surface area (Å²) in [6, 6.07) is 11.1. The first-order chi connectivity index (χ1) is 12.5. The molecule has 1 aliphatic rings. The highest BCUT2D eigenvalue weighted by Crippen LogP contribution is 2.23. The maximum Gasteiger partial charge on any atom is 0.301 e. The van der Waals surface area contributed by atoms with Crippen LogP contribution in [0.4, 0.5) is 10.1 Å². The summed E-state index contributed by atoms with van der Waals surface area (Å²) in [5, 5.41) is 0.0402. The number of ether oxygens (including phenoxy) is 1. The van der Waals surface area contributed by atoms with E-state index in [9.17, 15) is 12.8 Å². The fourth-order valence-electron chi connectivity index (χ4n) is 2.76. The molecule has 0 bridgehead atoms. The van der Waals surface area contributed by atoms with Crippen LogP contribution < -0.4 is 9.46 Å². The van der Waals surface area contributed by atoms with E-state index in [4.69, 9.17) is 16.3 Å². The van der Waals surface area contributed by atoms with E-state index in [0.717, 1.165) is 19.3 Å². The van der Waals surface area contributed by atoms with Crippen molar-refractivity contribution in [3.05, 3.63) is 58.9 Å². The van der Waals surface area contributed by atoms with Crippen molar-refractivity contribution in [1.82, 2.24) is 4.31 Å². The van der Waals surface area contributed by atoms with Gasteiger partial charge in [-0.05, 0) is 43.2 Å². The molecule has 0 aliphatic carbocycles. The third-order valence-corrected chi connectivity index (χ3v) is 6.14. The second-order valence-corrected chi connectivity index (χ2v) is 8.14. The van der Waals surface area contributed by atoms with Gasteiger partial charge in [-0.1, -0.05) is 30.2 Å². The molecule has 0 aromatic heterocycles. The summed E-state index contributed by atoms with van der Waals surface area (Å²) in [5.74, 6) is 0.0430. The number of piperidine rings is 1. The van der Waals surface area contributed by atoms with Gasteiger partial charge in [0.15, 0.2) is 0 Å². The number of halogens is 2. The zero-order chi connectivity index (χ0) is 18.6. The smallest absolute Gasteiger partial charge is 0.301 e. The van der Waals surface area contributed by atoms with E-state index in [2.05, 4.69) is 4.72 Å². The van der Waals surface area contributed by atoms with E-state index < -0.39 is 16.0 Å². The van der Waals surface area contributed by atoms with E-state index >= 15 is 0 Å². The van der Waals surface area contributed by atoms with Crippen LogP contribution in [0.25, 0.3) is 0 Å². The Morgan fingerprint density at radius 3 is 2.46 bits per heavy atom. The molecule has 0 radical (unpaired) electrons. The maximum atomic E-state index is 13.4. The van der Waals surface area contributed by atoms with Gasteiger partial charge in [0.2, 0.25) is 0 Å². The summed E-state index contributed by atoms with van der Waals surface area (Å²) >= 11 is 5.89. The monoisotopic (exact) mass is 398 g/mol. The highest BCUT2D eigenvalue weighted by atomic mass is 35.5. The fraction of sp³-hybridized carbons (Fsp3) is 0.333. The molecule has 2 aromatic carbocycles. The largest absolute Gasteiger partial charge is 0.489 e. The van der Waals surface area contributed by atoms with Crippen molar-refractivity contribution in [3.63, 3.8) is 0 Å². The summed E-state index contributed by atoms with van der Waals surface area (Å²) in [7, 11) is -3.53. The summed E-state index contributed by atoms with van der Waals surface area (Å²) in [5.41, 5.74) is 1.01. The molecule has 0 spiro atoms. The number of hydrogen-bond donors (Lipinski definition) is 1. The quantitative estimate of drug-likeness (QED) is 0.793. The third-order valence-electron chi connectivity index (χ3n) is 4.18. The molecule has 0 amide bonds. The third kappa shape index (κ3) is 4.66. The molecule has 0 unspecified atom stereocenters. The van der Waals surface area contributed by atoms with Crippen LogP contribution in [0.5, 0.6) is 5.75 Å². The van der Waals surface area contributed by atoms with Gasteiger partial charge < -0.3 is 4.74 Å². The number of nitrogens with one attached hydrogen (secondary N) is 1. The van der Waals surface area contributed by atoms with Crippen molar-refractivity contribution in [2.75, 3.05) is 17.8 Å². The van der Waals surface area contributed by atoms with Crippen LogP contribution in [0, 0.1) is 5.82 Å². The number of nitrogens with zero attached hydrogens (tertiary/aromatic N) is 1. The van der Waals surface area contributed by atoms with Gasteiger partial charge in [0.1, 0.15) is 18.2 Å². The number of rotatable bonds is 6. The van der Waals surface area contributed by atoms with Crippen molar-refractivity contribution >= 4 is 27.5 Å². The minimum atomic E-state index is -3.53. The van der Waals surface area contributed by atoms with Crippen molar-refractivity contribution in [2.24, 2.45) is 0 Å². The van der Waals surface area contributed by atoms with Crippen molar-refractivity contribution in [1.29, 1.82) is 0 Å². The summed E-state index contributed by atoms with van der Waals surface area (Å²) in [4.78, 5) is 0. The highest BCUT2D eigenvalue weighted by Gasteiger charge is 2.23. The summed E-state index contributed by atoms with van der Waals surface area (Å²) < 4.78 is 47.8.